The molecule has 1 nitrogen and oxygen atoms in total. The van der Waals surface area contributed by atoms with E-state index in [2.05, 4.69) is 6.07 Å². The average Bonchev–Trinajstić information content (AvgIpc) is 2.37. The average molecular weight is 274 g/mol. The summed E-state index contributed by atoms with van der Waals surface area (Å²) >= 11 is 11.7. The summed E-state index contributed by atoms with van der Waals surface area (Å²) in [7, 11) is 0. The van der Waals surface area contributed by atoms with Crippen LogP contribution >= 0.6 is 23.2 Å². The molecular weight excluding hydrogens is 265 g/mol. The zero-order valence-electron chi connectivity index (χ0n) is 9.40. The van der Waals surface area contributed by atoms with Crippen molar-refractivity contribution < 1.29 is 0 Å². The Morgan fingerprint density at radius 2 is 1.72 bits per heavy atom. The highest BCUT2D eigenvalue weighted by atomic mass is 35.5. The number of hydrogen-bond donors (Lipinski definition) is 0. The highest BCUT2D eigenvalue weighted by molar-refractivity contribution is 6.31. The van der Waals surface area contributed by atoms with Crippen LogP contribution in [0.3, 0.4) is 0 Å². The maximum absolute atomic E-state index is 9.20. The van der Waals surface area contributed by atoms with Crippen molar-refractivity contribution in [3.05, 3.63) is 69.7 Å². The van der Waals surface area contributed by atoms with Gasteiger partial charge in [0.2, 0.25) is 0 Å². The molecule has 0 saturated carbocycles. The van der Waals surface area contributed by atoms with E-state index in [4.69, 9.17) is 23.2 Å². The lowest BCUT2D eigenvalue weighted by atomic mass is 10.0. The first-order chi connectivity index (χ1) is 8.69. The van der Waals surface area contributed by atoms with Gasteiger partial charge in [-0.3, -0.25) is 0 Å². The Bertz CT molecular complexity index is 622. The lowest BCUT2D eigenvalue weighted by molar-refractivity contribution is 1.52. The Labute approximate surface area is 116 Å². The zero-order valence-corrected chi connectivity index (χ0v) is 10.9. The van der Waals surface area contributed by atoms with Gasteiger partial charge in [-0.1, -0.05) is 47.5 Å². The van der Waals surface area contributed by atoms with Crippen LogP contribution in [-0.4, -0.2) is 0 Å². The van der Waals surface area contributed by atoms with Gasteiger partial charge in [-0.2, -0.15) is 5.26 Å². The largest absolute Gasteiger partial charge is 0.192 e. The van der Waals surface area contributed by atoms with Gasteiger partial charge in [0, 0.05) is 10.0 Å². The highest BCUT2D eigenvalue weighted by Crippen LogP contribution is 2.21. The fourth-order valence-corrected chi connectivity index (χ4v) is 1.90. The number of halogens is 2. The van der Waals surface area contributed by atoms with E-state index in [1.165, 1.54) is 0 Å². The molecule has 18 heavy (non-hydrogen) atoms. The van der Waals surface area contributed by atoms with Crippen molar-refractivity contribution in [1.82, 2.24) is 0 Å². The molecule has 2 aromatic rings. The molecule has 3 heteroatoms. The van der Waals surface area contributed by atoms with Gasteiger partial charge < -0.3 is 0 Å². The fraction of sp³-hybridized carbons (Fsp3) is 0. The lowest BCUT2D eigenvalue weighted by Crippen LogP contribution is -1.81. The van der Waals surface area contributed by atoms with Crippen LogP contribution in [0.15, 0.2) is 48.5 Å². The molecule has 2 aromatic carbocycles. The summed E-state index contributed by atoms with van der Waals surface area (Å²) in [4.78, 5) is 0. The topological polar surface area (TPSA) is 23.8 Å². The molecule has 0 heterocycles. The number of allylic oxidation sites excluding steroid dienone is 1. The van der Waals surface area contributed by atoms with Crippen LogP contribution in [0.4, 0.5) is 0 Å². The third kappa shape index (κ3) is 3.13. The van der Waals surface area contributed by atoms with Crippen molar-refractivity contribution in [2.75, 3.05) is 0 Å². The molecule has 0 aromatic heterocycles. The van der Waals surface area contributed by atoms with Crippen molar-refractivity contribution in [1.29, 1.82) is 5.26 Å². The molecule has 0 radical (unpaired) electrons. The van der Waals surface area contributed by atoms with E-state index in [1.807, 2.05) is 30.3 Å². The Kier molecular flexibility index (Phi) is 4.04. The maximum Gasteiger partial charge on any atom is 0.0998 e. The first-order valence-corrected chi connectivity index (χ1v) is 6.08. The minimum absolute atomic E-state index is 0.578. The molecule has 0 aliphatic rings. The van der Waals surface area contributed by atoms with E-state index in [0.29, 0.717) is 15.6 Å². The molecular formula is C15H9Cl2N. The number of rotatable bonds is 2. The molecule has 0 aliphatic carbocycles. The smallest absolute Gasteiger partial charge is 0.0998 e. The number of nitrogens with zero attached hydrogens (tertiary/aromatic N) is 1. The normalized spacial score (nSPS) is 11.1. The van der Waals surface area contributed by atoms with Crippen LogP contribution in [0.25, 0.3) is 11.6 Å². The van der Waals surface area contributed by atoms with Crippen LogP contribution in [0.1, 0.15) is 11.1 Å². The number of hydrogen-bond acceptors (Lipinski definition) is 1. The van der Waals surface area contributed by atoms with Gasteiger partial charge in [0.25, 0.3) is 0 Å². The van der Waals surface area contributed by atoms with Crippen molar-refractivity contribution in [2.24, 2.45) is 0 Å². The predicted molar refractivity (Wildman–Crippen MR) is 76.4 cm³/mol. The van der Waals surface area contributed by atoms with Crippen LogP contribution in [0.5, 0.6) is 0 Å². The summed E-state index contributed by atoms with van der Waals surface area (Å²) < 4.78 is 0. The quantitative estimate of drug-likeness (QED) is 0.554. The Morgan fingerprint density at radius 3 is 2.33 bits per heavy atom. The first-order valence-electron chi connectivity index (χ1n) is 5.32. The van der Waals surface area contributed by atoms with E-state index < -0.39 is 0 Å². The lowest BCUT2D eigenvalue weighted by Gasteiger charge is -2.00. The Balaban J connectivity index is 2.40. The van der Waals surface area contributed by atoms with E-state index in [0.717, 1.165) is 11.1 Å². The van der Waals surface area contributed by atoms with Crippen LogP contribution < -0.4 is 0 Å². The summed E-state index contributed by atoms with van der Waals surface area (Å²) in [6, 6.07) is 16.7. The second-order valence-electron chi connectivity index (χ2n) is 3.73. The summed E-state index contributed by atoms with van der Waals surface area (Å²) in [5.74, 6) is 0. The minimum atomic E-state index is 0.578. The van der Waals surface area contributed by atoms with Crippen molar-refractivity contribution >= 4 is 34.9 Å². The predicted octanol–water partition coefficient (Wildman–Crippen LogP) is 5.06. The van der Waals surface area contributed by atoms with Crippen LogP contribution in [0.2, 0.25) is 10.0 Å². The summed E-state index contributed by atoms with van der Waals surface area (Å²) in [5.41, 5.74) is 2.31. The SMILES string of the molecule is N#CC(=Cc1cccc(Cl)c1)c1ccc(Cl)cc1. The molecule has 0 bridgehead atoms. The maximum atomic E-state index is 9.20. The second-order valence-corrected chi connectivity index (χ2v) is 4.60. The third-order valence-corrected chi connectivity index (χ3v) is 2.92. The molecule has 2 rings (SSSR count). The standard InChI is InChI=1S/C15H9Cl2N/c16-14-6-4-12(5-7-14)13(10-18)8-11-2-1-3-15(17)9-11/h1-9H. The van der Waals surface area contributed by atoms with E-state index in [9.17, 15) is 5.26 Å². The zero-order chi connectivity index (χ0) is 13.0. The van der Waals surface area contributed by atoms with E-state index in [1.54, 1.807) is 24.3 Å². The highest BCUT2D eigenvalue weighted by Gasteiger charge is 2.01. The summed E-state index contributed by atoms with van der Waals surface area (Å²) in [6.07, 6.45) is 1.80. The minimum Gasteiger partial charge on any atom is -0.192 e. The van der Waals surface area contributed by atoms with Crippen LogP contribution in [-0.2, 0) is 0 Å². The summed E-state index contributed by atoms with van der Waals surface area (Å²) in [6.45, 7) is 0. The molecule has 0 fully saturated rings. The Morgan fingerprint density at radius 1 is 1.00 bits per heavy atom. The van der Waals surface area contributed by atoms with Gasteiger partial charge in [-0.15, -0.1) is 0 Å². The van der Waals surface area contributed by atoms with E-state index in [-0.39, 0.29) is 0 Å². The van der Waals surface area contributed by atoms with E-state index >= 15 is 0 Å². The van der Waals surface area contributed by atoms with Gasteiger partial charge in [-0.25, -0.2) is 0 Å². The van der Waals surface area contributed by atoms with Crippen molar-refractivity contribution in [3.8, 4) is 6.07 Å². The van der Waals surface area contributed by atoms with Crippen molar-refractivity contribution in [3.63, 3.8) is 0 Å². The van der Waals surface area contributed by atoms with Crippen LogP contribution in [0, 0.1) is 11.3 Å². The molecule has 0 aliphatic heterocycles. The molecule has 0 saturated heterocycles. The first kappa shape index (κ1) is 12.7. The Hall–Kier alpha value is -1.75. The fourth-order valence-electron chi connectivity index (χ4n) is 1.57. The van der Waals surface area contributed by atoms with Gasteiger partial charge in [0.05, 0.1) is 11.6 Å². The van der Waals surface area contributed by atoms with Gasteiger partial charge in [0.15, 0.2) is 0 Å². The monoisotopic (exact) mass is 273 g/mol. The third-order valence-electron chi connectivity index (χ3n) is 2.44. The van der Waals surface area contributed by atoms with Gasteiger partial charge in [0.1, 0.15) is 0 Å². The van der Waals surface area contributed by atoms with Gasteiger partial charge >= 0.3 is 0 Å². The molecule has 0 atom stereocenters. The molecule has 0 spiro atoms. The summed E-state index contributed by atoms with van der Waals surface area (Å²) in [5, 5.41) is 10.5. The second kappa shape index (κ2) is 5.73. The molecule has 0 N–H and O–H groups in total. The number of nitriles is 1. The number of benzene rings is 2. The van der Waals surface area contributed by atoms with Gasteiger partial charge in [-0.05, 0) is 41.5 Å². The molecule has 0 unspecified atom stereocenters. The van der Waals surface area contributed by atoms with Crippen molar-refractivity contribution in [2.45, 2.75) is 0 Å². The molecule has 88 valence electrons. The molecule has 0 amide bonds.